The molecule has 1 amide bonds. The maximum absolute atomic E-state index is 11.8. The van der Waals surface area contributed by atoms with Gasteiger partial charge in [-0.1, -0.05) is 12.1 Å². The lowest BCUT2D eigenvalue weighted by Gasteiger charge is -2.07. The van der Waals surface area contributed by atoms with Gasteiger partial charge in [0.1, 0.15) is 11.8 Å². The van der Waals surface area contributed by atoms with Crippen LogP contribution < -0.4 is 10.1 Å². The van der Waals surface area contributed by atoms with E-state index >= 15 is 0 Å². The van der Waals surface area contributed by atoms with Crippen molar-refractivity contribution in [3.63, 3.8) is 0 Å². The number of benzene rings is 1. The van der Waals surface area contributed by atoms with Crippen molar-refractivity contribution in [1.82, 2.24) is 9.78 Å². The topological polar surface area (TPSA) is 79.9 Å². The number of hydrogen-bond acceptors (Lipinski definition) is 4. The molecule has 0 aliphatic heterocycles. The number of carbonyl (C=O) groups excluding carboxylic acids is 1. The first kappa shape index (κ1) is 14.6. The van der Waals surface area contributed by atoms with E-state index in [2.05, 4.69) is 10.4 Å². The van der Waals surface area contributed by atoms with Gasteiger partial charge in [0.2, 0.25) is 0 Å². The predicted octanol–water partition coefficient (Wildman–Crippen LogP) is 2.35. The maximum atomic E-state index is 11.8. The van der Waals surface area contributed by atoms with Gasteiger partial charge in [0.05, 0.1) is 17.4 Å². The zero-order valence-corrected chi connectivity index (χ0v) is 11.9. The SMILES string of the molecule is CC(C)n1cc(NC(=O)COc2ccccc2C#N)cn1. The first-order chi connectivity index (χ1) is 10.1. The van der Waals surface area contributed by atoms with Crippen molar-refractivity contribution >= 4 is 11.6 Å². The van der Waals surface area contributed by atoms with E-state index in [1.165, 1.54) is 0 Å². The Kier molecular flexibility index (Phi) is 4.57. The molecule has 0 atom stereocenters. The second-order valence-corrected chi connectivity index (χ2v) is 4.75. The molecule has 0 fully saturated rings. The number of anilines is 1. The van der Waals surface area contributed by atoms with Crippen molar-refractivity contribution in [3.8, 4) is 11.8 Å². The van der Waals surface area contributed by atoms with Gasteiger partial charge in [0.15, 0.2) is 6.61 Å². The lowest BCUT2D eigenvalue weighted by atomic mass is 10.2. The van der Waals surface area contributed by atoms with Gasteiger partial charge in [-0.25, -0.2) is 0 Å². The molecule has 1 aromatic heterocycles. The zero-order chi connectivity index (χ0) is 15.2. The van der Waals surface area contributed by atoms with Crippen LogP contribution in [-0.4, -0.2) is 22.3 Å². The number of amides is 1. The highest BCUT2D eigenvalue weighted by Crippen LogP contribution is 2.16. The lowest BCUT2D eigenvalue weighted by molar-refractivity contribution is -0.118. The van der Waals surface area contributed by atoms with Crippen LogP contribution in [0.25, 0.3) is 0 Å². The van der Waals surface area contributed by atoms with Crippen LogP contribution >= 0.6 is 0 Å². The second kappa shape index (κ2) is 6.57. The van der Waals surface area contributed by atoms with E-state index in [-0.39, 0.29) is 18.6 Å². The molecule has 2 rings (SSSR count). The number of rotatable bonds is 5. The van der Waals surface area contributed by atoms with Gasteiger partial charge >= 0.3 is 0 Å². The van der Waals surface area contributed by atoms with Crippen molar-refractivity contribution in [2.45, 2.75) is 19.9 Å². The summed E-state index contributed by atoms with van der Waals surface area (Å²) in [5.74, 6) is 0.0964. The summed E-state index contributed by atoms with van der Waals surface area (Å²) < 4.78 is 7.11. The Balaban J connectivity index is 1.91. The molecule has 0 aliphatic carbocycles. The van der Waals surface area contributed by atoms with Crippen molar-refractivity contribution in [2.75, 3.05) is 11.9 Å². The Morgan fingerprint density at radius 3 is 2.90 bits per heavy atom. The minimum Gasteiger partial charge on any atom is -0.482 e. The highest BCUT2D eigenvalue weighted by molar-refractivity contribution is 5.91. The van der Waals surface area contributed by atoms with Crippen LogP contribution in [-0.2, 0) is 4.79 Å². The molecule has 2 aromatic rings. The average Bonchev–Trinajstić information content (AvgIpc) is 2.94. The Bertz CT molecular complexity index is 670. The predicted molar refractivity (Wildman–Crippen MR) is 77.9 cm³/mol. The average molecular weight is 284 g/mol. The van der Waals surface area contributed by atoms with E-state index in [0.717, 1.165) is 0 Å². The van der Waals surface area contributed by atoms with Crippen molar-refractivity contribution in [1.29, 1.82) is 5.26 Å². The van der Waals surface area contributed by atoms with Crippen LogP contribution in [0.3, 0.4) is 0 Å². The van der Waals surface area contributed by atoms with Crippen molar-refractivity contribution < 1.29 is 9.53 Å². The molecule has 6 nitrogen and oxygen atoms in total. The molecule has 0 bridgehead atoms. The second-order valence-electron chi connectivity index (χ2n) is 4.75. The molecule has 0 spiro atoms. The number of para-hydroxylation sites is 1. The van der Waals surface area contributed by atoms with Gasteiger partial charge < -0.3 is 10.1 Å². The molecular weight excluding hydrogens is 268 g/mol. The molecule has 108 valence electrons. The Morgan fingerprint density at radius 1 is 1.48 bits per heavy atom. The van der Waals surface area contributed by atoms with Crippen molar-refractivity contribution in [3.05, 3.63) is 42.2 Å². The molecule has 1 aromatic carbocycles. The van der Waals surface area contributed by atoms with E-state index in [0.29, 0.717) is 17.0 Å². The number of nitriles is 1. The lowest BCUT2D eigenvalue weighted by Crippen LogP contribution is -2.20. The van der Waals surface area contributed by atoms with Crippen LogP contribution in [0.5, 0.6) is 5.75 Å². The Morgan fingerprint density at radius 2 is 2.24 bits per heavy atom. The first-order valence-electron chi connectivity index (χ1n) is 6.56. The minimum atomic E-state index is -0.300. The number of ether oxygens (including phenoxy) is 1. The van der Waals surface area contributed by atoms with Crippen LogP contribution in [0.1, 0.15) is 25.5 Å². The summed E-state index contributed by atoms with van der Waals surface area (Å²) in [6, 6.07) is 9.03. The number of aromatic nitrogens is 2. The molecular formula is C15H16N4O2. The normalized spacial score (nSPS) is 10.2. The highest BCUT2D eigenvalue weighted by Gasteiger charge is 2.08. The molecule has 0 aliphatic rings. The van der Waals surface area contributed by atoms with Crippen LogP contribution in [0.4, 0.5) is 5.69 Å². The van der Waals surface area contributed by atoms with E-state index in [1.807, 2.05) is 19.9 Å². The third-order valence-corrected chi connectivity index (χ3v) is 2.78. The Labute approximate surface area is 123 Å². The summed E-state index contributed by atoms with van der Waals surface area (Å²) in [4.78, 5) is 11.8. The summed E-state index contributed by atoms with van der Waals surface area (Å²) in [5.41, 5.74) is 1.02. The van der Waals surface area contributed by atoms with Crippen LogP contribution in [0.2, 0.25) is 0 Å². The third-order valence-electron chi connectivity index (χ3n) is 2.78. The van der Waals surface area contributed by atoms with E-state index in [1.54, 1.807) is 41.3 Å². The molecule has 1 heterocycles. The van der Waals surface area contributed by atoms with Gasteiger partial charge in [0.25, 0.3) is 5.91 Å². The quantitative estimate of drug-likeness (QED) is 0.914. The fourth-order valence-electron chi connectivity index (χ4n) is 1.71. The van der Waals surface area contributed by atoms with Gasteiger partial charge in [-0.05, 0) is 26.0 Å². The van der Waals surface area contributed by atoms with Crippen LogP contribution in [0.15, 0.2) is 36.7 Å². The molecule has 1 N–H and O–H groups in total. The standard InChI is InChI=1S/C15H16N4O2/c1-11(2)19-9-13(8-17-19)18-15(20)10-21-14-6-4-3-5-12(14)7-16/h3-6,8-9,11H,10H2,1-2H3,(H,18,20). The molecule has 0 unspecified atom stereocenters. The fraction of sp³-hybridized carbons (Fsp3) is 0.267. The monoisotopic (exact) mass is 284 g/mol. The van der Waals surface area contributed by atoms with Crippen LogP contribution in [0, 0.1) is 11.3 Å². The maximum Gasteiger partial charge on any atom is 0.262 e. The highest BCUT2D eigenvalue weighted by atomic mass is 16.5. The number of carbonyl (C=O) groups is 1. The molecule has 0 saturated heterocycles. The zero-order valence-electron chi connectivity index (χ0n) is 11.9. The van der Waals surface area contributed by atoms with E-state index in [9.17, 15) is 4.79 Å². The van der Waals surface area contributed by atoms with Gasteiger partial charge in [-0.2, -0.15) is 10.4 Å². The number of nitrogens with one attached hydrogen (secondary N) is 1. The van der Waals surface area contributed by atoms with E-state index in [4.69, 9.17) is 10.00 Å². The minimum absolute atomic E-state index is 0.161. The van der Waals surface area contributed by atoms with Crippen molar-refractivity contribution in [2.24, 2.45) is 0 Å². The summed E-state index contributed by atoms with van der Waals surface area (Å²) in [5, 5.41) is 15.8. The number of hydrogen-bond donors (Lipinski definition) is 1. The number of nitrogens with zero attached hydrogens (tertiary/aromatic N) is 3. The molecule has 0 radical (unpaired) electrons. The molecule has 21 heavy (non-hydrogen) atoms. The smallest absolute Gasteiger partial charge is 0.262 e. The summed E-state index contributed by atoms with van der Waals surface area (Å²) in [6.07, 6.45) is 3.34. The molecule has 6 heteroatoms. The van der Waals surface area contributed by atoms with E-state index < -0.39 is 0 Å². The Hall–Kier alpha value is -2.81. The summed E-state index contributed by atoms with van der Waals surface area (Å²) in [6.45, 7) is 3.84. The van der Waals surface area contributed by atoms with Gasteiger partial charge in [-0.15, -0.1) is 0 Å². The first-order valence-corrected chi connectivity index (χ1v) is 6.56. The summed E-state index contributed by atoms with van der Waals surface area (Å²) in [7, 11) is 0. The fourth-order valence-corrected chi connectivity index (χ4v) is 1.71. The largest absolute Gasteiger partial charge is 0.482 e. The third kappa shape index (κ3) is 3.83. The molecule has 0 saturated carbocycles. The van der Waals surface area contributed by atoms with Gasteiger partial charge in [-0.3, -0.25) is 9.48 Å². The van der Waals surface area contributed by atoms with Gasteiger partial charge in [0, 0.05) is 12.2 Å². The summed E-state index contributed by atoms with van der Waals surface area (Å²) >= 11 is 0.